The zero-order valence-electron chi connectivity index (χ0n) is 18.5. The summed E-state index contributed by atoms with van der Waals surface area (Å²) in [5.74, 6) is 1.67. The average molecular weight is 554 g/mol. The van der Waals surface area contributed by atoms with E-state index in [9.17, 15) is 4.39 Å². The van der Waals surface area contributed by atoms with Crippen LogP contribution in [0.25, 0.3) is 0 Å². The average Bonchev–Trinajstić information content (AvgIpc) is 3.31. The lowest BCUT2D eigenvalue weighted by Crippen LogP contribution is -2.51. The molecule has 1 atom stereocenters. The Balaban J connectivity index is 0.00000289. The van der Waals surface area contributed by atoms with Crippen LogP contribution in [0.15, 0.2) is 47.5 Å². The molecule has 2 heterocycles. The minimum atomic E-state index is -0.213. The molecule has 2 aliphatic heterocycles. The van der Waals surface area contributed by atoms with Gasteiger partial charge in [-0.1, -0.05) is 12.1 Å². The van der Waals surface area contributed by atoms with E-state index < -0.39 is 0 Å². The summed E-state index contributed by atoms with van der Waals surface area (Å²) in [4.78, 5) is 8.98. The zero-order valence-corrected chi connectivity index (χ0v) is 20.8. The Morgan fingerprint density at radius 2 is 1.91 bits per heavy atom. The Morgan fingerprint density at radius 3 is 2.59 bits per heavy atom. The fraction of sp³-hybridized carbons (Fsp3) is 0.458. The van der Waals surface area contributed by atoms with Gasteiger partial charge in [0.15, 0.2) is 5.96 Å². The summed E-state index contributed by atoms with van der Waals surface area (Å²) in [6, 6.07) is 12.8. The molecular weight excluding hydrogens is 522 g/mol. The van der Waals surface area contributed by atoms with E-state index in [0.717, 1.165) is 68.4 Å². The molecule has 2 fully saturated rings. The Morgan fingerprint density at radius 1 is 1.16 bits per heavy atom. The van der Waals surface area contributed by atoms with Gasteiger partial charge in [0.1, 0.15) is 11.6 Å². The van der Waals surface area contributed by atoms with Crippen molar-refractivity contribution in [2.24, 2.45) is 16.6 Å². The summed E-state index contributed by atoms with van der Waals surface area (Å²) in [5.41, 5.74) is 9.54. The van der Waals surface area contributed by atoms with E-state index in [1.54, 1.807) is 0 Å². The number of nitrogens with zero attached hydrogens (tertiary/aromatic N) is 3. The highest BCUT2D eigenvalue weighted by atomic mass is 127. The number of ether oxygens (including phenoxy) is 2. The molecule has 2 N–H and O–H groups in total. The molecule has 0 aliphatic carbocycles. The van der Waals surface area contributed by atoms with E-state index in [0.29, 0.717) is 25.0 Å². The molecule has 4 rings (SSSR count). The molecule has 0 bridgehead atoms. The van der Waals surface area contributed by atoms with Crippen molar-refractivity contribution in [1.82, 2.24) is 4.90 Å². The van der Waals surface area contributed by atoms with Crippen LogP contribution in [0, 0.1) is 18.7 Å². The molecule has 1 unspecified atom stereocenters. The molecular formula is C24H32FIN4O2. The first-order chi connectivity index (χ1) is 15.1. The van der Waals surface area contributed by atoms with Crippen LogP contribution in [0.5, 0.6) is 5.75 Å². The molecule has 0 amide bonds. The maximum absolute atomic E-state index is 13.2. The van der Waals surface area contributed by atoms with Crippen molar-refractivity contribution in [2.45, 2.75) is 19.9 Å². The molecule has 0 saturated carbocycles. The largest absolute Gasteiger partial charge is 0.493 e. The van der Waals surface area contributed by atoms with E-state index in [-0.39, 0.29) is 29.8 Å². The predicted octanol–water partition coefficient (Wildman–Crippen LogP) is 3.80. The third kappa shape index (κ3) is 6.48. The molecule has 2 aromatic rings. The molecule has 0 aromatic heterocycles. The summed E-state index contributed by atoms with van der Waals surface area (Å²) in [7, 11) is 0. The smallest absolute Gasteiger partial charge is 0.191 e. The number of rotatable bonds is 6. The molecule has 0 radical (unpaired) electrons. The second-order valence-corrected chi connectivity index (χ2v) is 8.28. The molecule has 6 nitrogen and oxygen atoms in total. The van der Waals surface area contributed by atoms with Crippen molar-refractivity contribution in [2.75, 3.05) is 50.9 Å². The summed E-state index contributed by atoms with van der Waals surface area (Å²) in [5, 5.41) is 0. The van der Waals surface area contributed by atoms with E-state index in [1.807, 2.05) is 12.1 Å². The van der Waals surface area contributed by atoms with Gasteiger partial charge in [-0.25, -0.2) is 9.38 Å². The maximum atomic E-state index is 13.2. The summed E-state index contributed by atoms with van der Waals surface area (Å²) < 4.78 is 24.7. The van der Waals surface area contributed by atoms with Crippen molar-refractivity contribution < 1.29 is 13.9 Å². The quantitative estimate of drug-likeness (QED) is 0.335. The Kier molecular flexibility index (Phi) is 8.98. The monoisotopic (exact) mass is 554 g/mol. The fourth-order valence-electron chi connectivity index (χ4n) is 3.96. The Hall–Kier alpha value is -2.07. The molecule has 2 saturated heterocycles. The van der Waals surface area contributed by atoms with Gasteiger partial charge in [-0.05, 0) is 49.2 Å². The van der Waals surface area contributed by atoms with Gasteiger partial charge in [0, 0.05) is 50.0 Å². The van der Waals surface area contributed by atoms with Crippen molar-refractivity contribution in [3.05, 3.63) is 59.4 Å². The first-order valence-corrected chi connectivity index (χ1v) is 10.9. The van der Waals surface area contributed by atoms with E-state index in [2.05, 4.69) is 39.9 Å². The number of halogens is 2. The number of hydrogen-bond donors (Lipinski definition) is 1. The number of nitrogens with two attached hydrogens (primary N) is 1. The third-order valence-corrected chi connectivity index (χ3v) is 5.93. The molecule has 0 spiro atoms. The lowest BCUT2D eigenvalue weighted by Gasteiger charge is -2.36. The van der Waals surface area contributed by atoms with E-state index >= 15 is 0 Å². The number of anilines is 1. The number of aryl methyl sites for hydroxylation is 1. The summed E-state index contributed by atoms with van der Waals surface area (Å²) in [6.45, 7) is 8.03. The minimum Gasteiger partial charge on any atom is -0.493 e. The van der Waals surface area contributed by atoms with Gasteiger partial charge in [-0.3, -0.25) is 0 Å². The summed E-state index contributed by atoms with van der Waals surface area (Å²) in [6.07, 6.45) is 1.05. The summed E-state index contributed by atoms with van der Waals surface area (Å²) >= 11 is 0. The lowest BCUT2D eigenvalue weighted by molar-refractivity contribution is 0.166. The Bertz CT molecular complexity index is 895. The van der Waals surface area contributed by atoms with E-state index in [1.165, 1.54) is 12.1 Å². The van der Waals surface area contributed by atoms with Crippen LogP contribution in [0.4, 0.5) is 10.1 Å². The van der Waals surface area contributed by atoms with Gasteiger partial charge in [-0.2, -0.15) is 0 Å². The van der Waals surface area contributed by atoms with E-state index in [4.69, 9.17) is 15.2 Å². The van der Waals surface area contributed by atoms with Crippen LogP contribution in [0.2, 0.25) is 0 Å². The number of piperazine rings is 1. The fourth-order valence-corrected chi connectivity index (χ4v) is 3.96. The first kappa shape index (κ1) is 24.6. The standard InChI is InChI=1S/C24H31FN4O2.HI/c1-18-2-3-20(23(14-18)31-17-19-8-13-30-16-19)15-27-24(26)29-11-9-28(10-12-29)22-6-4-21(25)5-7-22;/h2-7,14,19H,8-13,15-17H2,1H3,(H2,26,27);1H. The van der Waals surface area contributed by atoms with Gasteiger partial charge in [0.2, 0.25) is 0 Å². The van der Waals surface area contributed by atoms with Crippen molar-refractivity contribution in [1.29, 1.82) is 0 Å². The van der Waals surface area contributed by atoms with Crippen LogP contribution in [0.3, 0.4) is 0 Å². The third-order valence-electron chi connectivity index (χ3n) is 5.93. The highest BCUT2D eigenvalue weighted by molar-refractivity contribution is 14.0. The van der Waals surface area contributed by atoms with Crippen molar-refractivity contribution >= 4 is 35.6 Å². The van der Waals surface area contributed by atoms with Gasteiger partial charge in [-0.15, -0.1) is 24.0 Å². The van der Waals surface area contributed by atoms with Gasteiger partial charge in [0.05, 0.1) is 19.8 Å². The number of aliphatic imine (C=N–C) groups is 1. The van der Waals surface area contributed by atoms with Crippen LogP contribution in [-0.4, -0.2) is 56.9 Å². The highest BCUT2D eigenvalue weighted by Gasteiger charge is 2.19. The second kappa shape index (κ2) is 11.7. The molecule has 2 aliphatic rings. The van der Waals surface area contributed by atoms with Crippen LogP contribution in [0.1, 0.15) is 17.5 Å². The highest BCUT2D eigenvalue weighted by Crippen LogP contribution is 2.24. The number of guanidine groups is 1. The number of hydrogen-bond acceptors (Lipinski definition) is 4. The van der Waals surface area contributed by atoms with Gasteiger partial charge < -0.3 is 25.0 Å². The Labute approximate surface area is 206 Å². The first-order valence-electron chi connectivity index (χ1n) is 10.9. The molecule has 32 heavy (non-hydrogen) atoms. The van der Waals surface area contributed by atoms with Crippen LogP contribution < -0.4 is 15.4 Å². The maximum Gasteiger partial charge on any atom is 0.191 e. The second-order valence-electron chi connectivity index (χ2n) is 8.28. The van der Waals surface area contributed by atoms with Crippen molar-refractivity contribution in [3.63, 3.8) is 0 Å². The lowest BCUT2D eigenvalue weighted by atomic mass is 10.1. The topological polar surface area (TPSA) is 63.3 Å². The molecule has 8 heteroatoms. The zero-order chi connectivity index (χ0) is 21.6. The number of benzene rings is 2. The normalized spacial score (nSPS) is 19.1. The molecule has 174 valence electrons. The van der Waals surface area contributed by atoms with Crippen LogP contribution >= 0.6 is 24.0 Å². The predicted molar refractivity (Wildman–Crippen MR) is 137 cm³/mol. The minimum absolute atomic E-state index is 0. The van der Waals surface area contributed by atoms with Crippen LogP contribution in [-0.2, 0) is 11.3 Å². The SMILES string of the molecule is Cc1ccc(CN=C(N)N2CCN(c3ccc(F)cc3)CC2)c(OCC2CCOC2)c1.I. The van der Waals surface area contributed by atoms with Gasteiger partial charge >= 0.3 is 0 Å². The molecule has 2 aromatic carbocycles. The van der Waals surface area contributed by atoms with Gasteiger partial charge in [0.25, 0.3) is 0 Å². The van der Waals surface area contributed by atoms with Crippen molar-refractivity contribution in [3.8, 4) is 5.75 Å².